The molecule has 112 valence electrons. The molecule has 1 aromatic rings. The molecule has 0 bridgehead atoms. The van der Waals surface area contributed by atoms with E-state index in [-0.39, 0.29) is 12.6 Å². The Kier molecular flexibility index (Phi) is 4.89. The number of hydrogen-bond donors (Lipinski definition) is 2. The van der Waals surface area contributed by atoms with Crippen LogP contribution >= 0.6 is 0 Å². The van der Waals surface area contributed by atoms with E-state index in [4.69, 9.17) is 9.47 Å². The van der Waals surface area contributed by atoms with E-state index in [0.717, 1.165) is 5.56 Å². The fourth-order valence-corrected chi connectivity index (χ4v) is 2.07. The number of rotatable bonds is 5. The van der Waals surface area contributed by atoms with Gasteiger partial charge in [-0.3, -0.25) is 4.98 Å². The molecule has 0 saturated heterocycles. The number of amides is 2. The standard InChI is InChI=1S/C14H17N3O4/c1-9-11(13(18)21-8-7-20-2)12(17-14(19)16-9)10-3-5-15-6-4-10/h3-6,12H,7-8H2,1-2H3,(H2,16,17,19)/t12-/m1/s1. The van der Waals surface area contributed by atoms with Crippen molar-refractivity contribution in [1.29, 1.82) is 0 Å². The minimum atomic E-state index is -0.559. The van der Waals surface area contributed by atoms with Crippen molar-refractivity contribution in [3.63, 3.8) is 0 Å². The molecule has 0 aliphatic carbocycles. The normalized spacial score (nSPS) is 18.0. The second-order valence-electron chi connectivity index (χ2n) is 4.48. The molecule has 1 aromatic heterocycles. The summed E-state index contributed by atoms with van der Waals surface area (Å²) < 4.78 is 10.00. The molecule has 0 radical (unpaired) electrons. The lowest BCUT2D eigenvalue weighted by molar-refractivity contribution is -0.140. The minimum Gasteiger partial charge on any atom is -0.460 e. The molecule has 2 N–H and O–H groups in total. The molecular formula is C14H17N3O4. The molecule has 1 aliphatic heterocycles. The van der Waals surface area contributed by atoms with Crippen molar-refractivity contribution in [2.45, 2.75) is 13.0 Å². The van der Waals surface area contributed by atoms with Gasteiger partial charge in [0.15, 0.2) is 0 Å². The number of methoxy groups -OCH3 is 1. The van der Waals surface area contributed by atoms with Crippen LogP contribution in [-0.4, -0.2) is 37.3 Å². The Morgan fingerprint density at radius 1 is 1.33 bits per heavy atom. The van der Waals surface area contributed by atoms with E-state index in [1.807, 2.05) is 0 Å². The molecule has 2 amide bonds. The maximum atomic E-state index is 12.2. The number of nitrogens with one attached hydrogen (secondary N) is 2. The highest BCUT2D eigenvalue weighted by Crippen LogP contribution is 2.26. The SMILES string of the molecule is COCCOC(=O)C1=C(C)NC(=O)N[C@@H]1c1ccncc1. The second-order valence-corrected chi connectivity index (χ2v) is 4.48. The number of ether oxygens (including phenoxy) is 2. The Hall–Kier alpha value is -2.41. The van der Waals surface area contributed by atoms with Gasteiger partial charge in [0, 0.05) is 25.2 Å². The van der Waals surface area contributed by atoms with Gasteiger partial charge < -0.3 is 20.1 Å². The number of urea groups is 1. The maximum Gasteiger partial charge on any atom is 0.338 e. The Balaban J connectivity index is 2.26. The molecule has 2 heterocycles. The van der Waals surface area contributed by atoms with Gasteiger partial charge in [0.05, 0.1) is 18.2 Å². The summed E-state index contributed by atoms with van der Waals surface area (Å²) in [5, 5.41) is 5.30. The third-order valence-corrected chi connectivity index (χ3v) is 3.05. The number of pyridine rings is 1. The first-order chi connectivity index (χ1) is 10.1. The van der Waals surface area contributed by atoms with Gasteiger partial charge >= 0.3 is 12.0 Å². The van der Waals surface area contributed by atoms with Gasteiger partial charge in [0.2, 0.25) is 0 Å². The summed E-state index contributed by atoms with van der Waals surface area (Å²) in [4.78, 5) is 27.8. The maximum absolute atomic E-state index is 12.2. The molecule has 0 spiro atoms. The molecule has 7 nitrogen and oxygen atoms in total. The topological polar surface area (TPSA) is 89.5 Å². The van der Waals surface area contributed by atoms with Gasteiger partial charge in [0.1, 0.15) is 6.61 Å². The van der Waals surface area contributed by atoms with Gasteiger partial charge in [-0.25, -0.2) is 9.59 Å². The highest BCUT2D eigenvalue weighted by molar-refractivity contribution is 5.94. The van der Waals surface area contributed by atoms with Crippen LogP contribution in [0.1, 0.15) is 18.5 Å². The first-order valence-electron chi connectivity index (χ1n) is 6.47. The van der Waals surface area contributed by atoms with Crippen LogP contribution in [0, 0.1) is 0 Å². The van der Waals surface area contributed by atoms with E-state index in [9.17, 15) is 9.59 Å². The van der Waals surface area contributed by atoms with Crippen LogP contribution < -0.4 is 10.6 Å². The Morgan fingerprint density at radius 2 is 2.05 bits per heavy atom. The van der Waals surface area contributed by atoms with Crippen molar-refractivity contribution in [2.75, 3.05) is 20.3 Å². The largest absolute Gasteiger partial charge is 0.460 e. The van der Waals surface area contributed by atoms with E-state index in [1.165, 1.54) is 7.11 Å². The zero-order valence-electron chi connectivity index (χ0n) is 11.9. The van der Waals surface area contributed by atoms with Gasteiger partial charge in [-0.15, -0.1) is 0 Å². The zero-order chi connectivity index (χ0) is 15.2. The summed E-state index contributed by atoms with van der Waals surface area (Å²) in [6, 6.07) is 2.57. The number of nitrogens with zero attached hydrogens (tertiary/aromatic N) is 1. The van der Waals surface area contributed by atoms with Crippen molar-refractivity contribution in [1.82, 2.24) is 15.6 Å². The number of aromatic nitrogens is 1. The number of carbonyl (C=O) groups excluding carboxylic acids is 2. The number of esters is 1. The lowest BCUT2D eigenvalue weighted by atomic mass is 9.96. The summed E-state index contributed by atoms with van der Waals surface area (Å²) in [5.74, 6) is -0.487. The summed E-state index contributed by atoms with van der Waals surface area (Å²) in [7, 11) is 1.53. The summed E-state index contributed by atoms with van der Waals surface area (Å²) in [6.07, 6.45) is 3.21. The van der Waals surface area contributed by atoms with E-state index in [0.29, 0.717) is 17.9 Å². The van der Waals surface area contributed by atoms with Crippen LogP contribution in [0.4, 0.5) is 4.79 Å². The van der Waals surface area contributed by atoms with Gasteiger partial charge in [-0.05, 0) is 24.6 Å². The predicted octanol–water partition coefficient (Wildman–Crippen LogP) is 0.899. The van der Waals surface area contributed by atoms with Crippen molar-refractivity contribution >= 4 is 12.0 Å². The monoisotopic (exact) mass is 291 g/mol. The number of carbonyl (C=O) groups is 2. The van der Waals surface area contributed by atoms with Crippen LogP contribution in [0.25, 0.3) is 0 Å². The molecule has 0 saturated carbocycles. The number of allylic oxidation sites excluding steroid dienone is 1. The molecule has 0 fully saturated rings. The lowest BCUT2D eigenvalue weighted by Gasteiger charge is -2.28. The second kappa shape index (κ2) is 6.85. The third-order valence-electron chi connectivity index (χ3n) is 3.05. The molecule has 1 aliphatic rings. The molecule has 2 rings (SSSR count). The van der Waals surface area contributed by atoms with Gasteiger partial charge in [-0.2, -0.15) is 0 Å². The molecule has 0 unspecified atom stereocenters. The fraction of sp³-hybridized carbons (Fsp3) is 0.357. The first kappa shape index (κ1) is 15.0. The molecular weight excluding hydrogens is 274 g/mol. The van der Waals surface area contributed by atoms with E-state index in [1.54, 1.807) is 31.5 Å². The van der Waals surface area contributed by atoms with Crippen LogP contribution in [0.15, 0.2) is 35.8 Å². The predicted molar refractivity (Wildman–Crippen MR) is 74.2 cm³/mol. The zero-order valence-corrected chi connectivity index (χ0v) is 11.9. The average Bonchev–Trinajstić information content (AvgIpc) is 2.47. The molecule has 7 heteroatoms. The molecule has 1 atom stereocenters. The average molecular weight is 291 g/mol. The lowest BCUT2D eigenvalue weighted by Crippen LogP contribution is -2.45. The first-order valence-corrected chi connectivity index (χ1v) is 6.47. The summed E-state index contributed by atoms with van der Waals surface area (Å²) in [5.41, 5.74) is 1.61. The van der Waals surface area contributed by atoms with Crippen molar-refractivity contribution in [3.8, 4) is 0 Å². The highest BCUT2D eigenvalue weighted by atomic mass is 16.6. The Labute approximate surface area is 122 Å². The smallest absolute Gasteiger partial charge is 0.338 e. The van der Waals surface area contributed by atoms with Crippen molar-refractivity contribution < 1.29 is 19.1 Å². The van der Waals surface area contributed by atoms with Gasteiger partial charge in [-0.1, -0.05) is 0 Å². The van der Waals surface area contributed by atoms with Crippen LogP contribution in [0.5, 0.6) is 0 Å². The minimum absolute atomic E-state index is 0.156. The summed E-state index contributed by atoms with van der Waals surface area (Å²) >= 11 is 0. The van der Waals surface area contributed by atoms with Crippen molar-refractivity contribution in [3.05, 3.63) is 41.4 Å². The van der Waals surface area contributed by atoms with Crippen LogP contribution in [0.3, 0.4) is 0 Å². The Bertz CT molecular complexity index is 557. The fourth-order valence-electron chi connectivity index (χ4n) is 2.07. The van der Waals surface area contributed by atoms with Crippen molar-refractivity contribution in [2.24, 2.45) is 0 Å². The highest BCUT2D eigenvalue weighted by Gasteiger charge is 2.32. The summed E-state index contributed by atoms with van der Waals surface area (Å²) in [6.45, 7) is 2.14. The van der Waals surface area contributed by atoms with Crippen LogP contribution in [0.2, 0.25) is 0 Å². The third kappa shape index (κ3) is 3.57. The quantitative estimate of drug-likeness (QED) is 0.621. The molecule has 0 aromatic carbocycles. The van der Waals surface area contributed by atoms with Gasteiger partial charge in [0.25, 0.3) is 0 Å². The number of hydrogen-bond acceptors (Lipinski definition) is 5. The van der Waals surface area contributed by atoms with E-state index < -0.39 is 12.0 Å². The van der Waals surface area contributed by atoms with E-state index in [2.05, 4.69) is 15.6 Å². The van der Waals surface area contributed by atoms with Crippen LogP contribution in [-0.2, 0) is 14.3 Å². The Morgan fingerprint density at radius 3 is 2.71 bits per heavy atom. The van der Waals surface area contributed by atoms with E-state index >= 15 is 0 Å². The molecule has 21 heavy (non-hydrogen) atoms.